The molecule has 1 aliphatic rings. The van der Waals surface area contributed by atoms with Crippen LogP contribution in [0.25, 0.3) is 0 Å². The molecule has 6 nitrogen and oxygen atoms in total. The molecule has 24 heavy (non-hydrogen) atoms. The maximum atomic E-state index is 11.9. The molecule has 2 rings (SSSR count). The Morgan fingerprint density at radius 1 is 1.33 bits per heavy atom. The number of benzene rings is 1. The molecule has 0 bridgehead atoms. The van der Waals surface area contributed by atoms with Crippen molar-refractivity contribution in [1.29, 1.82) is 0 Å². The van der Waals surface area contributed by atoms with Gasteiger partial charge in [-0.05, 0) is 46.8 Å². The Kier molecular flexibility index (Phi) is 4.85. The first-order valence-electron chi connectivity index (χ1n) is 7.73. The van der Waals surface area contributed by atoms with E-state index in [0.29, 0.717) is 17.2 Å². The summed E-state index contributed by atoms with van der Waals surface area (Å²) in [5, 5.41) is 2.68. The van der Waals surface area contributed by atoms with E-state index in [9.17, 15) is 4.79 Å². The summed E-state index contributed by atoms with van der Waals surface area (Å²) < 4.78 is 22.1. The van der Waals surface area contributed by atoms with Crippen molar-refractivity contribution in [2.75, 3.05) is 12.4 Å². The first kappa shape index (κ1) is 18.2. The zero-order chi connectivity index (χ0) is 18.1. The van der Waals surface area contributed by atoms with E-state index in [-0.39, 0.29) is 0 Å². The Balaban J connectivity index is 2.17. The standard InChI is InChI=1S/C17H24BNO5/c1-11-17(5,6)24-18(23-11)12-8-9-13(14(10-12)21-7)19-15(20)22-16(2,3)4/h8-10H,1H2,2-7H3,(H,19,20). The molecule has 0 aliphatic carbocycles. The quantitative estimate of drug-likeness (QED) is 0.861. The molecule has 0 saturated carbocycles. The fourth-order valence-corrected chi connectivity index (χ4v) is 2.14. The first-order valence-corrected chi connectivity index (χ1v) is 7.73. The van der Waals surface area contributed by atoms with Crippen LogP contribution < -0.4 is 15.5 Å². The molecule has 1 aromatic rings. The summed E-state index contributed by atoms with van der Waals surface area (Å²) in [5.74, 6) is 1.06. The van der Waals surface area contributed by atoms with Crippen molar-refractivity contribution in [3.8, 4) is 5.75 Å². The first-order chi connectivity index (χ1) is 11.0. The fraction of sp³-hybridized carbons (Fsp3) is 0.471. The van der Waals surface area contributed by atoms with Gasteiger partial charge in [0.05, 0.1) is 18.6 Å². The highest BCUT2D eigenvalue weighted by Crippen LogP contribution is 2.30. The highest BCUT2D eigenvalue weighted by Gasteiger charge is 2.43. The summed E-state index contributed by atoms with van der Waals surface area (Å²) in [6.07, 6.45) is -0.545. The average Bonchev–Trinajstić information content (AvgIpc) is 2.71. The molecule has 130 valence electrons. The highest BCUT2D eigenvalue weighted by atomic mass is 16.7. The van der Waals surface area contributed by atoms with Crippen molar-refractivity contribution in [3.63, 3.8) is 0 Å². The van der Waals surface area contributed by atoms with Crippen LogP contribution in [-0.4, -0.2) is 31.5 Å². The molecule has 0 atom stereocenters. The Morgan fingerprint density at radius 2 is 2.00 bits per heavy atom. The molecule has 0 spiro atoms. The number of methoxy groups -OCH3 is 1. The van der Waals surface area contributed by atoms with Gasteiger partial charge < -0.3 is 18.8 Å². The second-order valence-corrected chi connectivity index (χ2v) is 7.09. The molecule has 0 radical (unpaired) electrons. The monoisotopic (exact) mass is 333 g/mol. The lowest BCUT2D eigenvalue weighted by molar-refractivity contribution is 0.0635. The van der Waals surface area contributed by atoms with Gasteiger partial charge in [-0.2, -0.15) is 0 Å². The molecule has 1 aromatic carbocycles. The van der Waals surface area contributed by atoms with E-state index in [1.54, 1.807) is 39.0 Å². The minimum Gasteiger partial charge on any atom is -0.534 e. The predicted octanol–water partition coefficient (Wildman–Crippen LogP) is 3.08. The third kappa shape index (κ3) is 4.23. The van der Waals surface area contributed by atoms with Crippen LogP contribution in [0.15, 0.2) is 30.5 Å². The Hall–Kier alpha value is -2.15. The maximum absolute atomic E-state index is 11.9. The van der Waals surface area contributed by atoms with Crippen LogP contribution in [-0.2, 0) is 14.0 Å². The molecule has 1 saturated heterocycles. The summed E-state index contributed by atoms with van der Waals surface area (Å²) in [6, 6.07) is 5.28. The minimum absolute atomic E-state index is 0.487. The van der Waals surface area contributed by atoms with Crippen LogP contribution >= 0.6 is 0 Å². The molecular formula is C17H24BNO5. The van der Waals surface area contributed by atoms with Crippen molar-refractivity contribution >= 4 is 24.4 Å². The Bertz CT molecular complexity index is 651. The van der Waals surface area contributed by atoms with Gasteiger partial charge in [0.2, 0.25) is 0 Å². The van der Waals surface area contributed by atoms with Crippen LogP contribution in [0.3, 0.4) is 0 Å². The van der Waals surface area contributed by atoms with E-state index in [1.165, 1.54) is 7.11 Å². The lowest BCUT2D eigenvalue weighted by Gasteiger charge is -2.20. The number of carbonyl (C=O) groups excluding carboxylic acids is 1. The third-order valence-electron chi connectivity index (χ3n) is 3.46. The Morgan fingerprint density at radius 3 is 2.50 bits per heavy atom. The van der Waals surface area contributed by atoms with Gasteiger partial charge in [-0.15, -0.1) is 0 Å². The van der Waals surface area contributed by atoms with Crippen molar-refractivity contribution in [3.05, 3.63) is 30.5 Å². The SMILES string of the molecule is C=C1OB(c2ccc(NC(=O)OC(C)(C)C)c(OC)c2)OC1(C)C. The van der Waals surface area contributed by atoms with E-state index in [4.69, 9.17) is 18.8 Å². The van der Waals surface area contributed by atoms with Crippen molar-refractivity contribution in [2.45, 2.75) is 45.8 Å². The van der Waals surface area contributed by atoms with Crippen LogP contribution in [0.2, 0.25) is 0 Å². The number of ether oxygens (including phenoxy) is 2. The van der Waals surface area contributed by atoms with Crippen LogP contribution in [0.4, 0.5) is 10.5 Å². The number of hydrogen-bond acceptors (Lipinski definition) is 5. The second kappa shape index (κ2) is 6.40. The second-order valence-electron chi connectivity index (χ2n) is 7.09. The molecular weight excluding hydrogens is 309 g/mol. The predicted molar refractivity (Wildman–Crippen MR) is 93.6 cm³/mol. The summed E-state index contributed by atoms with van der Waals surface area (Å²) >= 11 is 0. The van der Waals surface area contributed by atoms with Crippen molar-refractivity contribution in [1.82, 2.24) is 0 Å². The lowest BCUT2D eigenvalue weighted by atomic mass is 9.79. The summed E-state index contributed by atoms with van der Waals surface area (Å²) in [5.41, 5.74) is 0.153. The van der Waals surface area contributed by atoms with E-state index in [1.807, 2.05) is 13.8 Å². The number of nitrogens with one attached hydrogen (secondary N) is 1. The maximum Gasteiger partial charge on any atom is 0.563 e. The smallest absolute Gasteiger partial charge is 0.534 e. The van der Waals surface area contributed by atoms with Gasteiger partial charge in [-0.1, -0.05) is 12.6 Å². The molecule has 1 amide bonds. The van der Waals surface area contributed by atoms with E-state index in [0.717, 1.165) is 5.46 Å². The van der Waals surface area contributed by atoms with E-state index >= 15 is 0 Å². The zero-order valence-electron chi connectivity index (χ0n) is 15.1. The average molecular weight is 333 g/mol. The number of hydrogen-bond donors (Lipinski definition) is 1. The summed E-state index contributed by atoms with van der Waals surface area (Å²) in [7, 11) is 0.968. The minimum atomic E-state index is -0.575. The number of amides is 1. The number of rotatable bonds is 3. The zero-order valence-corrected chi connectivity index (χ0v) is 15.1. The van der Waals surface area contributed by atoms with E-state index in [2.05, 4.69) is 11.9 Å². The summed E-state index contributed by atoms with van der Waals surface area (Å²) in [6.45, 7) is 13.1. The highest BCUT2D eigenvalue weighted by molar-refractivity contribution is 6.62. The van der Waals surface area contributed by atoms with Crippen molar-refractivity contribution < 1.29 is 23.6 Å². The van der Waals surface area contributed by atoms with Gasteiger partial charge in [0.25, 0.3) is 0 Å². The molecule has 1 N–H and O–H groups in total. The summed E-state index contributed by atoms with van der Waals surface area (Å²) in [4.78, 5) is 11.9. The van der Waals surface area contributed by atoms with Gasteiger partial charge in [0, 0.05) is 5.46 Å². The number of anilines is 1. The van der Waals surface area contributed by atoms with Crippen LogP contribution in [0.5, 0.6) is 5.75 Å². The van der Waals surface area contributed by atoms with Gasteiger partial charge in [-0.25, -0.2) is 4.79 Å². The molecule has 1 heterocycles. The van der Waals surface area contributed by atoms with Gasteiger partial charge >= 0.3 is 13.2 Å². The van der Waals surface area contributed by atoms with Gasteiger partial charge in [0.1, 0.15) is 17.0 Å². The molecule has 7 heteroatoms. The fourth-order valence-electron chi connectivity index (χ4n) is 2.14. The molecule has 1 aliphatic heterocycles. The Labute approximate surface area is 143 Å². The van der Waals surface area contributed by atoms with Gasteiger partial charge in [-0.3, -0.25) is 5.32 Å². The van der Waals surface area contributed by atoms with Gasteiger partial charge in [0.15, 0.2) is 0 Å². The normalized spacial score (nSPS) is 16.6. The van der Waals surface area contributed by atoms with Crippen LogP contribution in [0.1, 0.15) is 34.6 Å². The largest absolute Gasteiger partial charge is 0.563 e. The third-order valence-corrected chi connectivity index (χ3v) is 3.46. The lowest BCUT2D eigenvalue weighted by Crippen LogP contribution is -2.34. The van der Waals surface area contributed by atoms with E-state index < -0.39 is 24.4 Å². The molecule has 1 fully saturated rings. The molecule has 0 aromatic heterocycles. The van der Waals surface area contributed by atoms with Crippen molar-refractivity contribution in [2.24, 2.45) is 0 Å². The molecule has 0 unspecified atom stereocenters. The topological polar surface area (TPSA) is 66.0 Å². The number of carbonyl (C=O) groups is 1. The van der Waals surface area contributed by atoms with Crippen LogP contribution in [0, 0.1) is 0 Å².